The van der Waals surface area contributed by atoms with E-state index < -0.39 is 0 Å². The SMILES string of the molecule is C=C/C=C\c1c(C)c2ccccc2n1-c1ccc(C2=CCC=CC(C#N)=C2c2ccccc2-n2c3ccccc3c3ccccc32)cc1C#N. The molecule has 5 aromatic carbocycles. The number of aryl methyl sites for hydroxylation is 1. The minimum Gasteiger partial charge on any atom is -0.309 e. The van der Waals surface area contributed by atoms with Crippen LogP contribution in [0.1, 0.15) is 34.4 Å². The summed E-state index contributed by atoms with van der Waals surface area (Å²) >= 11 is 0. The molecule has 0 spiro atoms. The van der Waals surface area contributed by atoms with Gasteiger partial charge in [0.2, 0.25) is 0 Å². The van der Waals surface area contributed by atoms with Gasteiger partial charge in [0.05, 0.1) is 45.1 Å². The summed E-state index contributed by atoms with van der Waals surface area (Å²) in [7, 11) is 0. The average Bonchev–Trinajstić information content (AvgIpc) is 3.54. The van der Waals surface area contributed by atoms with Gasteiger partial charge < -0.3 is 9.13 Å². The Morgan fingerprint density at radius 2 is 1.34 bits per heavy atom. The Morgan fingerprint density at radius 1 is 0.700 bits per heavy atom. The summed E-state index contributed by atoms with van der Waals surface area (Å²) in [6, 6.07) is 44.6. The van der Waals surface area contributed by atoms with Crippen LogP contribution in [0.5, 0.6) is 0 Å². The van der Waals surface area contributed by atoms with Gasteiger partial charge in [0.1, 0.15) is 6.07 Å². The number of hydrogen-bond donors (Lipinski definition) is 0. The molecule has 236 valence electrons. The molecule has 0 saturated heterocycles. The van der Waals surface area contributed by atoms with Gasteiger partial charge in [-0.15, -0.1) is 0 Å². The van der Waals surface area contributed by atoms with Gasteiger partial charge in [-0.2, -0.15) is 10.5 Å². The molecule has 7 aromatic rings. The molecule has 0 aliphatic heterocycles. The molecule has 50 heavy (non-hydrogen) atoms. The predicted octanol–water partition coefficient (Wildman–Crippen LogP) is 11.4. The Bertz CT molecular complexity index is 2670. The van der Waals surface area contributed by atoms with Crippen LogP contribution in [0, 0.1) is 29.6 Å². The van der Waals surface area contributed by atoms with E-state index in [0.717, 1.165) is 66.8 Å². The molecule has 0 fully saturated rings. The molecular formula is C46H32N4. The highest BCUT2D eigenvalue weighted by Crippen LogP contribution is 2.42. The number of aromatic nitrogens is 2. The van der Waals surface area contributed by atoms with Crippen molar-refractivity contribution in [3.05, 3.63) is 186 Å². The molecule has 4 nitrogen and oxygen atoms in total. The largest absolute Gasteiger partial charge is 0.309 e. The first-order valence-electron chi connectivity index (χ1n) is 16.7. The average molecular weight is 641 g/mol. The van der Waals surface area contributed by atoms with E-state index in [1.165, 1.54) is 10.8 Å². The monoisotopic (exact) mass is 640 g/mol. The second-order valence-corrected chi connectivity index (χ2v) is 12.3. The molecule has 2 aromatic heterocycles. The molecule has 8 rings (SSSR count). The molecule has 0 unspecified atom stereocenters. The van der Waals surface area contributed by atoms with E-state index >= 15 is 0 Å². The number of nitrogens with zero attached hydrogens (tertiary/aromatic N) is 4. The molecule has 1 aliphatic rings. The van der Waals surface area contributed by atoms with E-state index in [2.05, 4.69) is 126 Å². The van der Waals surface area contributed by atoms with E-state index in [4.69, 9.17) is 0 Å². The molecule has 4 heteroatoms. The van der Waals surface area contributed by atoms with Crippen molar-refractivity contribution in [1.82, 2.24) is 9.13 Å². The van der Waals surface area contributed by atoms with Crippen molar-refractivity contribution < 1.29 is 0 Å². The first kappa shape index (κ1) is 30.5. The first-order chi connectivity index (χ1) is 24.6. The van der Waals surface area contributed by atoms with Crippen LogP contribution in [-0.2, 0) is 0 Å². The van der Waals surface area contributed by atoms with Crippen molar-refractivity contribution in [3.63, 3.8) is 0 Å². The van der Waals surface area contributed by atoms with Crippen LogP contribution in [-0.4, -0.2) is 9.13 Å². The minimum absolute atomic E-state index is 0.545. The van der Waals surface area contributed by atoms with E-state index in [0.29, 0.717) is 17.6 Å². The third-order valence-electron chi connectivity index (χ3n) is 9.63. The summed E-state index contributed by atoms with van der Waals surface area (Å²) < 4.78 is 4.46. The van der Waals surface area contributed by atoms with Gasteiger partial charge in [-0.3, -0.25) is 0 Å². The van der Waals surface area contributed by atoms with Crippen LogP contribution in [0.4, 0.5) is 0 Å². The summed E-state index contributed by atoms with van der Waals surface area (Å²) in [6.07, 6.45) is 12.5. The molecule has 1 aliphatic carbocycles. The number of allylic oxidation sites excluding steroid dienone is 8. The molecule has 0 radical (unpaired) electrons. The summed E-state index contributed by atoms with van der Waals surface area (Å²) in [5.74, 6) is 0. The zero-order valence-electron chi connectivity index (χ0n) is 27.6. The number of nitriles is 2. The fourth-order valence-corrected chi connectivity index (χ4v) is 7.44. The van der Waals surface area contributed by atoms with Crippen molar-refractivity contribution in [3.8, 4) is 23.5 Å². The fraction of sp³-hybridized carbons (Fsp3) is 0.0435. The summed E-state index contributed by atoms with van der Waals surface area (Å²) in [5, 5.41) is 24.8. The Hall–Kier alpha value is -6.88. The number of para-hydroxylation sites is 4. The van der Waals surface area contributed by atoms with Gasteiger partial charge in [-0.1, -0.05) is 110 Å². The molecule has 0 atom stereocenters. The third-order valence-corrected chi connectivity index (χ3v) is 9.63. The first-order valence-corrected chi connectivity index (χ1v) is 16.7. The van der Waals surface area contributed by atoms with Crippen molar-refractivity contribution in [2.75, 3.05) is 0 Å². The highest BCUT2D eigenvalue weighted by Gasteiger charge is 2.23. The van der Waals surface area contributed by atoms with E-state index in [1.54, 1.807) is 6.08 Å². The van der Waals surface area contributed by atoms with Crippen LogP contribution in [0.3, 0.4) is 0 Å². The zero-order chi connectivity index (χ0) is 34.2. The Morgan fingerprint density at radius 3 is 2.02 bits per heavy atom. The van der Waals surface area contributed by atoms with E-state index in [-0.39, 0.29) is 0 Å². The van der Waals surface area contributed by atoms with E-state index in [1.807, 2.05) is 54.6 Å². The lowest BCUT2D eigenvalue weighted by molar-refractivity contribution is 1.09. The minimum atomic E-state index is 0.545. The number of fused-ring (bicyclic) bond motifs is 4. The van der Waals surface area contributed by atoms with Gasteiger partial charge in [-0.05, 0) is 78.6 Å². The maximum absolute atomic E-state index is 10.7. The lowest BCUT2D eigenvalue weighted by atomic mass is 9.87. The zero-order valence-corrected chi connectivity index (χ0v) is 27.6. The smallest absolute Gasteiger partial charge is 0.101 e. The van der Waals surface area contributed by atoms with Crippen molar-refractivity contribution in [2.45, 2.75) is 13.3 Å². The molecule has 2 heterocycles. The van der Waals surface area contributed by atoms with Gasteiger partial charge in [0.25, 0.3) is 0 Å². The molecule has 0 bridgehead atoms. The maximum Gasteiger partial charge on any atom is 0.101 e. The maximum atomic E-state index is 10.7. The third kappa shape index (κ3) is 4.83. The lowest BCUT2D eigenvalue weighted by Gasteiger charge is -2.20. The Kier molecular flexibility index (Phi) is 7.69. The van der Waals surface area contributed by atoms with Crippen LogP contribution >= 0.6 is 0 Å². The standard InChI is InChI=1S/C46H32N4/c1-3-4-21-40-31(2)35-16-7-11-22-42(35)49(40)41-27-26-32(28-34(41)30-48)36-17-6-5-15-33(29-47)46(36)39-20-10-14-25-45(39)50-43-23-12-8-18-37(43)38-19-9-13-24-44(38)50/h3-5,7-28H,1,6H2,2H3/b21-4-. The van der Waals surface area contributed by atoms with Gasteiger partial charge in [0, 0.05) is 33.0 Å². The van der Waals surface area contributed by atoms with E-state index in [9.17, 15) is 10.5 Å². The predicted molar refractivity (Wildman–Crippen MR) is 207 cm³/mol. The molecule has 0 N–H and O–H groups in total. The normalized spacial score (nSPS) is 13.1. The van der Waals surface area contributed by atoms with Crippen molar-refractivity contribution in [1.29, 1.82) is 10.5 Å². The fourth-order valence-electron chi connectivity index (χ4n) is 7.44. The van der Waals surface area contributed by atoms with Gasteiger partial charge in [-0.25, -0.2) is 0 Å². The second kappa shape index (κ2) is 12.6. The summed E-state index contributed by atoms with van der Waals surface area (Å²) in [4.78, 5) is 0. The molecule has 0 amide bonds. The number of rotatable bonds is 6. The van der Waals surface area contributed by atoms with Crippen LogP contribution in [0.2, 0.25) is 0 Å². The Labute approximate surface area is 291 Å². The topological polar surface area (TPSA) is 57.4 Å². The van der Waals surface area contributed by atoms with Crippen molar-refractivity contribution >= 4 is 49.9 Å². The quantitative estimate of drug-likeness (QED) is 0.170. The summed E-state index contributed by atoms with van der Waals surface area (Å²) in [5.41, 5.74) is 11.9. The van der Waals surface area contributed by atoms with Crippen LogP contribution in [0.25, 0.3) is 61.3 Å². The lowest BCUT2D eigenvalue weighted by Crippen LogP contribution is -2.04. The summed E-state index contributed by atoms with van der Waals surface area (Å²) in [6.45, 7) is 5.99. The molecular weight excluding hydrogens is 609 g/mol. The van der Waals surface area contributed by atoms with Gasteiger partial charge in [0.15, 0.2) is 0 Å². The number of hydrogen-bond acceptors (Lipinski definition) is 2. The second-order valence-electron chi connectivity index (χ2n) is 12.3. The van der Waals surface area contributed by atoms with Crippen LogP contribution in [0.15, 0.2) is 158 Å². The molecule has 0 saturated carbocycles. The van der Waals surface area contributed by atoms with Crippen molar-refractivity contribution in [2.24, 2.45) is 0 Å². The number of benzene rings is 5. The highest BCUT2D eigenvalue weighted by atomic mass is 15.0. The highest BCUT2D eigenvalue weighted by molar-refractivity contribution is 6.13. The Balaban J connectivity index is 1.35. The van der Waals surface area contributed by atoms with Gasteiger partial charge >= 0.3 is 0 Å². The van der Waals surface area contributed by atoms with Crippen LogP contribution < -0.4 is 0 Å².